The van der Waals surface area contributed by atoms with Gasteiger partial charge in [0, 0.05) is 44.3 Å². The average Bonchev–Trinajstić information content (AvgIpc) is 2.62. The van der Waals surface area contributed by atoms with E-state index in [2.05, 4.69) is 42.7 Å². The molecule has 5 heteroatoms. The first-order chi connectivity index (χ1) is 13.3. The van der Waals surface area contributed by atoms with E-state index in [1.54, 1.807) is 0 Å². The van der Waals surface area contributed by atoms with Crippen LogP contribution in [0.15, 0.2) is 24.3 Å². The minimum atomic E-state index is -0.400. The fraction of sp³-hybridized carbons (Fsp3) is 0.739. The fourth-order valence-electron chi connectivity index (χ4n) is 4.96. The van der Waals surface area contributed by atoms with E-state index in [9.17, 15) is 5.11 Å². The Morgan fingerprint density at radius 3 is 2.39 bits per heavy atom. The van der Waals surface area contributed by atoms with Gasteiger partial charge in [0.2, 0.25) is 0 Å². The molecule has 3 atom stereocenters. The van der Waals surface area contributed by atoms with Gasteiger partial charge in [-0.1, -0.05) is 44.5 Å². The molecule has 2 aliphatic rings. The standard InChI is InChI=1S/C23H37ClN2O2/c1-18-12-22(14-23(2,3)13-18)28-17-21(27)16-26-10-8-25(9-11-26)15-19-4-6-20(24)7-5-19/h4-7,18,21-22,27H,8-17H2,1-3H3/t18-,21+,22-/m1/s1. The third-order valence-corrected chi connectivity index (χ3v) is 6.38. The van der Waals surface area contributed by atoms with Crippen LogP contribution in [0.2, 0.25) is 5.02 Å². The Morgan fingerprint density at radius 2 is 1.75 bits per heavy atom. The maximum atomic E-state index is 10.5. The van der Waals surface area contributed by atoms with Crippen LogP contribution in [0.3, 0.4) is 0 Å². The van der Waals surface area contributed by atoms with Crippen LogP contribution in [0.25, 0.3) is 0 Å². The third-order valence-electron chi connectivity index (χ3n) is 6.12. The lowest BCUT2D eigenvalue weighted by atomic mass is 9.71. The van der Waals surface area contributed by atoms with Crippen molar-refractivity contribution >= 4 is 11.6 Å². The topological polar surface area (TPSA) is 35.9 Å². The number of aliphatic hydroxyl groups excluding tert-OH is 1. The van der Waals surface area contributed by atoms with Gasteiger partial charge in [0.1, 0.15) is 0 Å². The molecule has 0 radical (unpaired) electrons. The zero-order valence-corrected chi connectivity index (χ0v) is 18.5. The van der Waals surface area contributed by atoms with Crippen molar-refractivity contribution in [2.24, 2.45) is 11.3 Å². The van der Waals surface area contributed by atoms with Crippen molar-refractivity contribution in [2.75, 3.05) is 39.3 Å². The van der Waals surface area contributed by atoms with Crippen molar-refractivity contribution in [3.63, 3.8) is 0 Å². The van der Waals surface area contributed by atoms with Gasteiger partial charge < -0.3 is 9.84 Å². The summed E-state index contributed by atoms with van der Waals surface area (Å²) in [6.45, 7) is 13.2. The first-order valence-electron chi connectivity index (χ1n) is 10.8. The predicted molar refractivity (Wildman–Crippen MR) is 116 cm³/mol. The number of β-amino-alcohol motifs (C(OH)–C–C–N with tert-alkyl or cyclic N) is 1. The number of benzene rings is 1. The van der Waals surface area contributed by atoms with Gasteiger partial charge in [0.25, 0.3) is 0 Å². The highest BCUT2D eigenvalue weighted by molar-refractivity contribution is 6.30. The van der Waals surface area contributed by atoms with Crippen molar-refractivity contribution in [2.45, 2.75) is 58.8 Å². The van der Waals surface area contributed by atoms with E-state index < -0.39 is 6.10 Å². The molecule has 28 heavy (non-hydrogen) atoms. The molecule has 3 rings (SSSR count). The lowest BCUT2D eigenvalue weighted by Gasteiger charge is -2.39. The Bertz CT molecular complexity index is 599. The zero-order valence-electron chi connectivity index (χ0n) is 17.7. The second-order valence-electron chi connectivity index (χ2n) is 9.73. The summed E-state index contributed by atoms with van der Waals surface area (Å²) in [4.78, 5) is 4.83. The summed E-state index contributed by atoms with van der Waals surface area (Å²) in [5.41, 5.74) is 1.66. The molecule has 0 bridgehead atoms. The Morgan fingerprint density at radius 1 is 1.11 bits per heavy atom. The van der Waals surface area contributed by atoms with Crippen molar-refractivity contribution in [3.8, 4) is 0 Å². The fourth-order valence-corrected chi connectivity index (χ4v) is 5.09. The number of piperazine rings is 1. The van der Waals surface area contributed by atoms with Crippen molar-refractivity contribution in [1.29, 1.82) is 0 Å². The molecule has 1 N–H and O–H groups in total. The Hall–Kier alpha value is -0.650. The van der Waals surface area contributed by atoms with Gasteiger partial charge >= 0.3 is 0 Å². The molecule has 0 amide bonds. The van der Waals surface area contributed by atoms with Crippen LogP contribution in [0.4, 0.5) is 0 Å². The zero-order chi connectivity index (χ0) is 20.1. The Kier molecular flexibility index (Phi) is 7.80. The van der Waals surface area contributed by atoms with Crippen LogP contribution in [0.1, 0.15) is 45.6 Å². The maximum Gasteiger partial charge on any atom is 0.0900 e. The first kappa shape index (κ1) is 22.0. The summed E-state index contributed by atoms with van der Waals surface area (Å²) in [5, 5.41) is 11.3. The molecule has 1 heterocycles. The molecule has 0 spiro atoms. The maximum absolute atomic E-state index is 10.5. The highest BCUT2D eigenvalue weighted by atomic mass is 35.5. The summed E-state index contributed by atoms with van der Waals surface area (Å²) in [6.07, 6.45) is 3.40. The molecule has 1 saturated carbocycles. The highest BCUT2D eigenvalue weighted by Crippen LogP contribution is 2.39. The summed E-state index contributed by atoms with van der Waals surface area (Å²) in [6, 6.07) is 8.11. The second-order valence-corrected chi connectivity index (χ2v) is 10.2. The highest BCUT2D eigenvalue weighted by Gasteiger charge is 2.32. The summed E-state index contributed by atoms with van der Waals surface area (Å²) in [5.74, 6) is 0.708. The van der Waals surface area contributed by atoms with E-state index in [-0.39, 0.29) is 0 Å². The molecule has 1 aromatic rings. The molecule has 1 aromatic carbocycles. The number of rotatable bonds is 7. The lowest BCUT2D eigenvalue weighted by Crippen LogP contribution is -2.48. The Balaban J connectivity index is 1.34. The summed E-state index contributed by atoms with van der Waals surface area (Å²) < 4.78 is 6.10. The van der Waals surface area contributed by atoms with Gasteiger partial charge in [-0.25, -0.2) is 0 Å². The number of ether oxygens (including phenoxy) is 1. The van der Waals surface area contributed by atoms with E-state index in [0.29, 0.717) is 30.6 Å². The van der Waals surface area contributed by atoms with E-state index in [4.69, 9.17) is 16.3 Å². The van der Waals surface area contributed by atoms with Gasteiger partial charge in [0.05, 0.1) is 18.8 Å². The predicted octanol–water partition coefficient (Wildman–Crippen LogP) is 4.05. The molecule has 1 aliphatic heterocycles. The van der Waals surface area contributed by atoms with E-state index in [1.165, 1.54) is 12.0 Å². The van der Waals surface area contributed by atoms with Crippen molar-refractivity contribution in [1.82, 2.24) is 9.80 Å². The van der Waals surface area contributed by atoms with Gasteiger partial charge in [0.15, 0.2) is 0 Å². The van der Waals surface area contributed by atoms with Crippen LogP contribution in [-0.4, -0.2) is 66.4 Å². The summed E-state index contributed by atoms with van der Waals surface area (Å²) >= 11 is 5.96. The first-order valence-corrected chi connectivity index (χ1v) is 11.2. The van der Waals surface area contributed by atoms with Gasteiger partial charge in [-0.2, -0.15) is 0 Å². The molecular weight excluding hydrogens is 372 g/mol. The SMILES string of the molecule is C[C@@H]1C[C@@H](OC[C@@H](O)CN2CCN(Cc3ccc(Cl)cc3)CC2)CC(C)(C)C1. The molecule has 158 valence electrons. The molecule has 0 unspecified atom stereocenters. The van der Waals surface area contributed by atoms with Crippen LogP contribution >= 0.6 is 11.6 Å². The molecule has 0 aromatic heterocycles. The average molecular weight is 409 g/mol. The third kappa shape index (κ3) is 7.00. The minimum absolute atomic E-state index is 0.296. The van der Waals surface area contributed by atoms with Crippen molar-refractivity contribution in [3.05, 3.63) is 34.9 Å². The smallest absolute Gasteiger partial charge is 0.0900 e. The Labute approximate surface area is 175 Å². The largest absolute Gasteiger partial charge is 0.389 e. The quantitative estimate of drug-likeness (QED) is 0.738. The second kappa shape index (κ2) is 9.90. The molecule has 2 fully saturated rings. The van der Waals surface area contributed by atoms with Crippen LogP contribution in [0, 0.1) is 11.3 Å². The number of halogens is 1. The molecule has 1 saturated heterocycles. The van der Waals surface area contributed by atoms with E-state index in [1.807, 2.05) is 12.1 Å². The minimum Gasteiger partial charge on any atom is -0.389 e. The van der Waals surface area contributed by atoms with Crippen LogP contribution < -0.4 is 0 Å². The van der Waals surface area contributed by atoms with Crippen LogP contribution in [0.5, 0.6) is 0 Å². The lowest BCUT2D eigenvalue weighted by molar-refractivity contribution is -0.0634. The van der Waals surface area contributed by atoms with Gasteiger partial charge in [-0.15, -0.1) is 0 Å². The molecule has 4 nitrogen and oxygen atoms in total. The van der Waals surface area contributed by atoms with Crippen LogP contribution in [-0.2, 0) is 11.3 Å². The van der Waals surface area contributed by atoms with E-state index in [0.717, 1.165) is 50.6 Å². The summed E-state index contributed by atoms with van der Waals surface area (Å²) in [7, 11) is 0. The van der Waals surface area contributed by atoms with Crippen molar-refractivity contribution < 1.29 is 9.84 Å². The normalized spacial score (nSPS) is 27.6. The number of nitrogens with zero attached hydrogens (tertiary/aromatic N) is 2. The van der Waals surface area contributed by atoms with Gasteiger partial charge in [-0.05, 0) is 48.3 Å². The molecule has 1 aliphatic carbocycles. The van der Waals surface area contributed by atoms with E-state index >= 15 is 0 Å². The number of aliphatic hydroxyl groups is 1. The molecular formula is C23H37ClN2O2. The number of hydrogen-bond acceptors (Lipinski definition) is 4. The monoisotopic (exact) mass is 408 g/mol. The van der Waals surface area contributed by atoms with Gasteiger partial charge in [-0.3, -0.25) is 9.80 Å². The number of hydrogen-bond donors (Lipinski definition) is 1.